The Morgan fingerprint density at radius 2 is 1.56 bits per heavy atom. The van der Waals surface area contributed by atoms with Crippen molar-refractivity contribution in [3.05, 3.63) is 102 Å². The van der Waals surface area contributed by atoms with Crippen LogP contribution in [0.25, 0.3) is 16.9 Å². The number of nitrogens with zero attached hydrogens (tertiary/aromatic N) is 5. The first-order valence-corrected chi connectivity index (χ1v) is 14.8. The van der Waals surface area contributed by atoms with Crippen molar-refractivity contribution in [3.8, 4) is 16.9 Å². The Morgan fingerprint density at radius 3 is 2.27 bits per heavy atom. The highest BCUT2D eigenvalue weighted by atomic mass is 16.2. The second kappa shape index (κ2) is 12.6. The zero-order valence-corrected chi connectivity index (χ0v) is 23.5. The fourth-order valence-electron chi connectivity index (χ4n) is 6.19. The molecule has 2 aromatic heterocycles. The highest BCUT2D eigenvalue weighted by Gasteiger charge is 2.31. The lowest BCUT2D eigenvalue weighted by Crippen LogP contribution is -2.45. The zero-order chi connectivity index (χ0) is 28.0. The number of Topliss-reactive ketones (excluding diaryl/α,β-unsaturated/α-hetero) is 1. The molecule has 2 aliphatic heterocycles. The van der Waals surface area contributed by atoms with Crippen LogP contribution in [0, 0.1) is 0 Å². The number of benzene rings is 2. The first-order chi connectivity index (χ1) is 20.2. The summed E-state index contributed by atoms with van der Waals surface area (Å²) in [7, 11) is 0. The van der Waals surface area contributed by atoms with Crippen LogP contribution in [0.1, 0.15) is 53.6 Å². The van der Waals surface area contributed by atoms with Crippen molar-refractivity contribution in [3.63, 3.8) is 0 Å². The van der Waals surface area contributed by atoms with Gasteiger partial charge < -0.3 is 9.80 Å². The number of likely N-dealkylation sites (tertiary alicyclic amines) is 2. The number of ketones is 1. The molecule has 0 N–H and O–H groups in total. The number of rotatable bonds is 9. The van der Waals surface area contributed by atoms with Gasteiger partial charge in [-0.2, -0.15) is 5.10 Å². The summed E-state index contributed by atoms with van der Waals surface area (Å²) in [5, 5.41) is 4.70. The number of hydrogen-bond acceptors (Lipinski definition) is 5. The smallest absolute Gasteiger partial charge is 0.257 e. The van der Waals surface area contributed by atoms with Crippen LogP contribution in [-0.2, 0) is 17.6 Å². The molecule has 0 atom stereocenters. The number of carbonyl (C=O) groups is 2. The first-order valence-electron chi connectivity index (χ1n) is 14.8. The Labute approximate surface area is 241 Å². The quantitative estimate of drug-likeness (QED) is 0.281. The number of carbonyl (C=O) groups excluding carboxylic acids is 2. The molecule has 1 amide bonds. The number of amides is 1. The van der Waals surface area contributed by atoms with E-state index in [0.29, 0.717) is 30.9 Å². The maximum Gasteiger partial charge on any atom is 0.257 e. The van der Waals surface area contributed by atoms with E-state index in [0.717, 1.165) is 54.0 Å². The molecule has 2 saturated heterocycles. The molecule has 0 spiro atoms. The summed E-state index contributed by atoms with van der Waals surface area (Å²) in [5.41, 5.74) is 5.29. The summed E-state index contributed by atoms with van der Waals surface area (Å²) < 4.78 is 1.85. The molecule has 0 bridgehead atoms. The molecule has 4 aromatic rings. The van der Waals surface area contributed by atoms with Gasteiger partial charge in [-0.1, -0.05) is 48.5 Å². The molecule has 0 radical (unpaired) electrons. The fraction of sp³-hybridized carbons (Fsp3) is 0.353. The molecular formula is C34H37N5O2. The van der Waals surface area contributed by atoms with Gasteiger partial charge in [-0.3, -0.25) is 14.6 Å². The molecule has 0 saturated carbocycles. The van der Waals surface area contributed by atoms with Gasteiger partial charge in [-0.15, -0.1) is 0 Å². The second-order valence-corrected chi connectivity index (χ2v) is 11.2. The van der Waals surface area contributed by atoms with Gasteiger partial charge in [-0.25, -0.2) is 4.68 Å². The normalized spacial score (nSPS) is 16.2. The molecule has 7 heteroatoms. The van der Waals surface area contributed by atoms with Crippen LogP contribution in [0.5, 0.6) is 0 Å². The summed E-state index contributed by atoms with van der Waals surface area (Å²) in [6.07, 6.45) is 11.5. The van der Waals surface area contributed by atoms with Crippen LogP contribution in [0.2, 0.25) is 0 Å². The maximum absolute atomic E-state index is 13.8. The van der Waals surface area contributed by atoms with E-state index in [9.17, 15) is 9.59 Å². The topological polar surface area (TPSA) is 71.3 Å². The lowest BCUT2D eigenvalue weighted by atomic mass is 10.0. The van der Waals surface area contributed by atoms with Gasteiger partial charge in [0, 0.05) is 49.9 Å². The van der Waals surface area contributed by atoms with E-state index >= 15 is 0 Å². The number of aryl methyl sites for hydroxylation is 1. The van der Waals surface area contributed by atoms with Crippen molar-refractivity contribution in [2.75, 3.05) is 26.2 Å². The average molecular weight is 548 g/mol. The van der Waals surface area contributed by atoms with Crippen LogP contribution in [-0.4, -0.2) is 68.5 Å². The van der Waals surface area contributed by atoms with Crippen LogP contribution in [0.3, 0.4) is 0 Å². The van der Waals surface area contributed by atoms with Gasteiger partial charge >= 0.3 is 0 Å². The van der Waals surface area contributed by atoms with Crippen molar-refractivity contribution in [2.45, 2.75) is 51.0 Å². The predicted octanol–water partition coefficient (Wildman–Crippen LogP) is 5.38. The lowest BCUT2D eigenvalue weighted by molar-refractivity contribution is -0.118. The summed E-state index contributed by atoms with van der Waals surface area (Å²) in [5.74, 6) is 0.248. The maximum atomic E-state index is 13.8. The zero-order valence-electron chi connectivity index (χ0n) is 23.5. The predicted molar refractivity (Wildman–Crippen MR) is 160 cm³/mol. The van der Waals surface area contributed by atoms with E-state index in [1.54, 1.807) is 12.4 Å². The molecule has 7 nitrogen and oxygen atoms in total. The molecule has 41 heavy (non-hydrogen) atoms. The molecular weight excluding hydrogens is 510 g/mol. The van der Waals surface area contributed by atoms with Gasteiger partial charge in [0.1, 0.15) is 5.78 Å². The molecule has 0 aliphatic carbocycles. The van der Waals surface area contributed by atoms with Crippen LogP contribution in [0.15, 0.2) is 85.3 Å². The molecule has 2 fully saturated rings. The number of piperidine rings is 1. The molecule has 0 unspecified atom stereocenters. The van der Waals surface area contributed by atoms with E-state index in [1.807, 2.05) is 82.5 Å². The van der Waals surface area contributed by atoms with Crippen molar-refractivity contribution in [1.29, 1.82) is 0 Å². The van der Waals surface area contributed by atoms with Gasteiger partial charge in [0.15, 0.2) is 0 Å². The molecule has 6 rings (SSSR count). The highest BCUT2D eigenvalue weighted by molar-refractivity contribution is 6.00. The monoisotopic (exact) mass is 547 g/mol. The largest absolute Gasteiger partial charge is 0.338 e. The minimum absolute atomic E-state index is 0.0470. The Morgan fingerprint density at radius 1 is 0.805 bits per heavy atom. The van der Waals surface area contributed by atoms with Crippen LogP contribution < -0.4 is 0 Å². The SMILES string of the molecule is O=C(CCc1cccnc1)Cc1ccc(-n2ncc(C(=O)N3CCC(N4CCCC4)CC3)c2-c2ccccc2)cc1. The minimum atomic E-state index is 0.0470. The second-order valence-electron chi connectivity index (χ2n) is 11.2. The molecule has 2 aliphatic rings. The molecule has 4 heterocycles. The Kier molecular flexibility index (Phi) is 8.33. The Hall–Kier alpha value is -4.10. The third kappa shape index (κ3) is 6.30. The molecule has 210 valence electrons. The van der Waals surface area contributed by atoms with Gasteiger partial charge in [0.2, 0.25) is 0 Å². The Balaban J connectivity index is 1.17. The third-order valence-corrected chi connectivity index (χ3v) is 8.45. The standard InChI is InChI=1S/C34H37N5O2/c40-31(15-12-27-7-6-18-35-24-27)23-26-10-13-30(14-11-26)39-33(28-8-2-1-3-9-28)32(25-36-39)34(41)38-21-16-29(17-22-38)37-19-4-5-20-37/h1-3,6-11,13-14,18,24-25,29H,4-5,12,15-17,19-23H2. The number of pyridine rings is 1. The number of hydrogen-bond donors (Lipinski definition) is 0. The highest BCUT2D eigenvalue weighted by Crippen LogP contribution is 2.29. The first kappa shape index (κ1) is 27.1. The van der Waals surface area contributed by atoms with Crippen molar-refractivity contribution < 1.29 is 9.59 Å². The summed E-state index contributed by atoms with van der Waals surface area (Å²) in [6, 6.07) is 22.4. The van der Waals surface area contributed by atoms with Gasteiger partial charge in [0.25, 0.3) is 5.91 Å². The van der Waals surface area contributed by atoms with Crippen LogP contribution >= 0.6 is 0 Å². The van der Waals surface area contributed by atoms with Gasteiger partial charge in [-0.05, 0) is 74.5 Å². The van der Waals surface area contributed by atoms with E-state index < -0.39 is 0 Å². The summed E-state index contributed by atoms with van der Waals surface area (Å²) in [6.45, 7) is 3.95. The minimum Gasteiger partial charge on any atom is -0.338 e. The van der Waals surface area contributed by atoms with Crippen molar-refractivity contribution in [2.24, 2.45) is 0 Å². The number of aromatic nitrogens is 3. The van der Waals surface area contributed by atoms with E-state index in [-0.39, 0.29) is 11.7 Å². The fourth-order valence-corrected chi connectivity index (χ4v) is 6.19. The van der Waals surface area contributed by atoms with Crippen LogP contribution in [0.4, 0.5) is 0 Å². The average Bonchev–Trinajstić information content (AvgIpc) is 3.73. The third-order valence-electron chi connectivity index (χ3n) is 8.45. The summed E-state index contributed by atoms with van der Waals surface area (Å²) in [4.78, 5) is 35.2. The Bertz CT molecular complexity index is 1450. The van der Waals surface area contributed by atoms with Crippen molar-refractivity contribution >= 4 is 11.7 Å². The lowest BCUT2D eigenvalue weighted by Gasteiger charge is -2.36. The summed E-state index contributed by atoms with van der Waals surface area (Å²) >= 11 is 0. The van der Waals surface area contributed by atoms with Gasteiger partial charge in [0.05, 0.1) is 23.1 Å². The van der Waals surface area contributed by atoms with E-state index in [4.69, 9.17) is 5.10 Å². The molecule has 2 aromatic carbocycles. The van der Waals surface area contributed by atoms with E-state index in [2.05, 4.69) is 9.88 Å². The van der Waals surface area contributed by atoms with E-state index in [1.165, 1.54) is 25.9 Å². The van der Waals surface area contributed by atoms with Crippen molar-refractivity contribution in [1.82, 2.24) is 24.6 Å².